The Morgan fingerprint density at radius 1 is 0.793 bits per heavy atom. The van der Waals surface area contributed by atoms with Crippen molar-refractivity contribution in [3.05, 3.63) is 60.2 Å². The van der Waals surface area contributed by atoms with Crippen LogP contribution in [0.15, 0.2) is 54.6 Å². The summed E-state index contributed by atoms with van der Waals surface area (Å²) in [5.41, 5.74) is 1.15. The zero-order chi connectivity index (χ0) is 20.5. The quantitative estimate of drug-likeness (QED) is 0.644. The molecule has 154 valence electrons. The van der Waals surface area contributed by atoms with Gasteiger partial charge in [0.05, 0.1) is 6.61 Å². The minimum absolute atomic E-state index is 0.0217. The van der Waals surface area contributed by atoms with E-state index in [2.05, 4.69) is 0 Å². The SMILES string of the molecule is Cc1ccc(OCC(=O)N2CCN(C(=O)CCCOc3ccccc3)CC2)cc1. The number of carbonyl (C=O) groups excluding carboxylic acids is 2. The molecule has 0 saturated carbocycles. The van der Waals surface area contributed by atoms with Crippen molar-refractivity contribution in [1.82, 2.24) is 9.80 Å². The first kappa shape index (κ1) is 20.7. The van der Waals surface area contributed by atoms with Gasteiger partial charge in [-0.25, -0.2) is 0 Å². The van der Waals surface area contributed by atoms with E-state index in [1.807, 2.05) is 66.4 Å². The highest BCUT2D eigenvalue weighted by Gasteiger charge is 2.24. The molecule has 2 amide bonds. The normalized spacial score (nSPS) is 13.8. The van der Waals surface area contributed by atoms with Crippen molar-refractivity contribution in [1.29, 1.82) is 0 Å². The predicted octanol–water partition coefficient (Wildman–Crippen LogP) is 2.90. The molecule has 0 spiro atoms. The third-order valence-corrected chi connectivity index (χ3v) is 4.92. The van der Waals surface area contributed by atoms with Crippen molar-refractivity contribution in [2.45, 2.75) is 19.8 Å². The van der Waals surface area contributed by atoms with Crippen molar-refractivity contribution >= 4 is 11.8 Å². The molecule has 1 heterocycles. The molecular formula is C23H28N2O4. The molecule has 1 aliphatic rings. The van der Waals surface area contributed by atoms with E-state index >= 15 is 0 Å². The lowest BCUT2D eigenvalue weighted by atomic mass is 10.2. The molecule has 2 aromatic rings. The molecule has 1 saturated heterocycles. The van der Waals surface area contributed by atoms with Crippen LogP contribution >= 0.6 is 0 Å². The number of nitrogens with zero attached hydrogens (tertiary/aromatic N) is 2. The van der Waals surface area contributed by atoms with Gasteiger partial charge < -0.3 is 19.3 Å². The molecule has 0 unspecified atom stereocenters. The van der Waals surface area contributed by atoms with Crippen LogP contribution in [0.1, 0.15) is 18.4 Å². The highest BCUT2D eigenvalue weighted by atomic mass is 16.5. The molecule has 0 atom stereocenters. The Kier molecular flexibility index (Phi) is 7.50. The van der Waals surface area contributed by atoms with E-state index in [0.717, 1.165) is 11.3 Å². The summed E-state index contributed by atoms with van der Waals surface area (Å²) >= 11 is 0. The van der Waals surface area contributed by atoms with E-state index in [0.29, 0.717) is 51.4 Å². The van der Waals surface area contributed by atoms with Crippen molar-refractivity contribution in [2.75, 3.05) is 39.4 Å². The molecule has 6 heteroatoms. The highest BCUT2D eigenvalue weighted by molar-refractivity contribution is 5.79. The fraction of sp³-hybridized carbons (Fsp3) is 0.391. The van der Waals surface area contributed by atoms with Crippen LogP contribution in [0.2, 0.25) is 0 Å². The van der Waals surface area contributed by atoms with Gasteiger partial charge in [-0.15, -0.1) is 0 Å². The molecule has 0 radical (unpaired) electrons. The number of benzene rings is 2. The van der Waals surface area contributed by atoms with Crippen molar-refractivity contribution in [3.63, 3.8) is 0 Å². The number of ether oxygens (including phenoxy) is 2. The second-order valence-electron chi connectivity index (χ2n) is 7.13. The molecule has 1 fully saturated rings. The van der Waals surface area contributed by atoms with E-state index in [4.69, 9.17) is 9.47 Å². The summed E-state index contributed by atoms with van der Waals surface area (Å²) in [6, 6.07) is 17.2. The van der Waals surface area contributed by atoms with E-state index in [-0.39, 0.29) is 18.4 Å². The number of aryl methyl sites for hydroxylation is 1. The Morgan fingerprint density at radius 3 is 2.03 bits per heavy atom. The number of hydrogen-bond acceptors (Lipinski definition) is 4. The zero-order valence-corrected chi connectivity index (χ0v) is 16.9. The number of amides is 2. The number of piperazine rings is 1. The smallest absolute Gasteiger partial charge is 0.260 e. The second-order valence-corrected chi connectivity index (χ2v) is 7.13. The van der Waals surface area contributed by atoms with Gasteiger partial charge in [0.2, 0.25) is 5.91 Å². The Hall–Kier alpha value is -3.02. The number of carbonyl (C=O) groups is 2. The summed E-state index contributed by atoms with van der Waals surface area (Å²) in [7, 11) is 0. The Labute approximate surface area is 172 Å². The van der Waals surface area contributed by atoms with Gasteiger partial charge in [-0.2, -0.15) is 0 Å². The van der Waals surface area contributed by atoms with Gasteiger partial charge >= 0.3 is 0 Å². The van der Waals surface area contributed by atoms with Gasteiger partial charge in [0.25, 0.3) is 5.91 Å². The molecule has 0 N–H and O–H groups in total. The number of rotatable bonds is 8. The minimum Gasteiger partial charge on any atom is -0.494 e. The largest absolute Gasteiger partial charge is 0.494 e. The molecule has 29 heavy (non-hydrogen) atoms. The molecule has 0 bridgehead atoms. The van der Waals surface area contributed by atoms with E-state index in [1.54, 1.807) is 4.90 Å². The van der Waals surface area contributed by atoms with Crippen molar-refractivity contribution in [3.8, 4) is 11.5 Å². The molecule has 2 aromatic carbocycles. The van der Waals surface area contributed by atoms with E-state index in [1.165, 1.54) is 0 Å². The number of hydrogen-bond donors (Lipinski definition) is 0. The van der Waals surface area contributed by atoms with E-state index < -0.39 is 0 Å². The second kappa shape index (κ2) is 10.5. The third kappa shape index (κ3) is 6.52. The van der Waals surface area contributed by atoms with Gasteiger partial charge in [-0.1, -0.05) is 35.9 Å². The molecule has 0 aromatic heterocycles. The van der Waals surface area contributed by atoms with Crippen molar-refractivity contribution < 1.29 is 19.1 Å². The lowest BCUT2D eigenvalue weighted by Gasteiger charge is -2.34. The Balaban J connectivity index is 1.32. The lowest BCUT2D eigenvalue weighted by Crippen LogP contribution is -2.51. The Morgan fingerprint density at radius 2 is 1.38 bits per heavy atom. The maximum Gasteiger partial charge on any atom is 0.260 e. The molecule has 6 nitrogen and oxygen atoms in total. The first-order chi connectivity index (χ1) is 14.1. The predicted molar refractivity (Wildman–Crippen MR) is 111 cm³/mol. The van der Waals surface area contributed by atoms with Crippen LogP contribution in [0, 0.1) is 6.92 Å². The minimum atomic E-state index is -0.0473. The van der Waals surface area contributed by atoms with E-state index in [9.17, 15) is 9.59 Å². The first-order valence-corrected chi connectivity index (χ1v) is 10.0. The van der Waals surface area contributed by atoms with Crippen LogP contribution in [-0.4, -0.2) is 61.0 Å². The Bertz CT molecular complexity index is 784. The topological polar surface area (TPSA) is 59.1 Å². The summed E-state index contributed by atoms with van der Waals surface area (Å²) in [5.74, 6) is 1.58. The average molecular weight is 396 g/mol. The van der Waals surface area contributed by atoms with Crippen molar-refractivity contribution in [2.24, 2.45) is 0 Å². The monoisotopic (exact) mass is 396 g/mol. The number of para-hydroxylation sites is 1. The summed E-state index contributed by atoms with van der Waals surface area (Å²) in [5, 5.41) is 0. The van der Waals surface area contributed by atoms with Crippen LogP contribution in [0.3, 0.4) is 0 Å². The van der Waals surface area contributed by atoms with Gasteiger partial charge in [-0.3, -0.25) is 9.59 Å². The summed E-state index contributed by atoms with van der Waals surface area (Å²) in [6.45, 7) is 4.76. The van der Waals surface area contributed by atoms with Crippen LogP contribution < -0.4 is 9.47 Å². The fourth-order valence-corrected chi connectivity index (χ4v) is 3.16. The molecule has 0 aliphatic carbocycles. The zero-order valence-electron chi connectivity index (χ0n) is 16.9. The maximum absolute atomic E-state index is 12.4. The van der Waals surface area contributed by atoms with Crippen LogP contribution in [-0.2, 0) is 9.59 Å². The van der Waals surface area contributed by atoms with Gasteiger partial charge in [0.1, 0.15) is 11.5 Å². The van der Waals surface area contributed by atoms with Crippen LogP contribution in [0.4, 0.5) is 0 Å². The summed E-state index contributed by atoms with van der Waals surface area (Å²) < 4.78 is 11.2. The summed E-state index contributed by atoms with van der Waals surface area (Å²) in [6.07, 6.45) is 1.13. The van der Waals surface area contributed by atoms with Crippen LogP contribution in [0.25, 0.3) is 0 Å². The standard InChI is InChI=1S/C23H28N2O4/c1-19-9-11-21(12-10-19)29-18-23(27)25-15-13-24(14-16-25)22(26)8-5-17-28-20-6-3-2-4-7-20/h2-4,6-7,9-12H,5,8,13-18H2,1H3. The highest BCUT2D eigenvalue weighted by Crippen LogP contribution is 2.13. The van der Waals surface area contributed by atoms with Crippen LogP contribution in [0.5, 0.6) is 11.5 Å². The third-order valence-electron chi connectivity index (χ3n) is 4.92. The van der Waals surface area contributed by atoms with Gasteiger partial charge in [0, 0.05) is 32.6 Å². The average Bonchev–Trinajstić information content (AvgIpc) is 2.77. The summed E-state index contributed by atoms with van der Waals surface area (Å²) in [4.78, 5) is 28.3. The van der Waals surface area contributed by atoms with Gasteiger partial charge in [-0.05, 0) is 37.6 Å². The molecule has 1 aliphatic heterocycles. The fourth-order valence-electron chi connectivity index (χ4n) is 3.16. The molecular weight excluding hydrogens is 368 g/mol. The first-order valence-electron chi connectivity index (χ1n) is 10.0. The van der Waals surface area contributed by atoms with Gasteiger partial charge in [0.15, 0.2) is 6.61 Å². The molecule has 3 rings (SSSR count). The lowest BCUT2D eigenvalue weighted by molar-refractivity contribution is -0.140. The maximum atomic E-state index is 12.4.